The Hall–Kier alpha value is -1.91. The van der Waals surface area contributed by atoms with Gasteiger partial charge in [-0.1, -0.05) is 17.3 Å². The van der Waals surface area contributed by atoms with Gasteiger partial charge in [0.25, 0.3) is 0 Å². The van der Waals surface area contributed by atoms with Crippen molar-refractivity contribution in [3.05, 3.63) is 30.1 Å². The second-order valence-electron chi connectivity index (χ2n) is 3.12. The van der Waals surface area contributed by atoms with Gasteiger partial charge in [0.05, 0.1) is 0 Å². The summed E-state index contributed by atoms with van der Waals surface area (Å²) in [6, 6.07) is 6.44. The van der Waals surface area contributed by atoms with E-state index in [2.05, 4.69) is 10.3 Å². The number of benzene rings is 1. The summed E-state index contributed by atoms with van der Waals surface area (Å²) in [4.78, 5) is 0. The number of nitrogens with two attached hydrogens (primary N) is 1. The van der Waals surface area contributed by atoms with Crippen LogP contribution in [0.1, 0.15) is 6.92 Å². The maximum Gasteiger partial charge on any atom is 0.174 e. The Labute approximate surface area is 86.5 Å². The van der Waals surface area contributed by atoms with Crippen LogP contribution in [0.4, 0.5) is 10.2 Å². The average molecular weight is 206 g/mol. The van der Waals surface area contributed by atoms with Gasteiger partial charge < -0.3 is 5.73 Å². The summed E-state index contributed by atoms with van der Waals surface area (Å²) in [6.07, 6.45) is 0. The van der Waals surface area contributed by atoms with E-state index in [1.807, 2.05) is 6.92 Å². The van der Waals surface area contributed by atoms with Crippen LogP contribution >= 0.6 is 0 Å². The monoisotopic (exact) mass is 206 g/mol. The predicted octanol–water partition coefficient (Wildman–Crippen LogP) is 1.69. The van der Waals surface area contributed by atoms with Gasteiger partial charge in [-0.2, -0.15) is 0 Å². The molecule has 0 spiro atoms. The maximum absolute atomic E-state index is 13.5. The first-order valence-electron chi connectivity index (χ1n) is 4.68. The van der Waals surface area contributed by atoms with Crippen LogP contribution in [0.5, 0.6) is 0 Å². The molecule has 0 atom stereocenters. The number of hydrogen-bond acceptors (Lipinski definition) is 3. The first-order chi connectivity index (χ1) is 7.24. The largest absolute Gasteiger partial charge is 0.380 e. The van der Waals surface area contributed by atoms with Gasteiger partial charge in [0.2, 0.25) is 0 Å². The summed E-state index contributed by atoms with van der Waals surface area (Å²) in [5, 5.41) is 7.56. The van der Waals surface area contributed by atoms with Crippen LogP contribution in [0, 0.1) is 5.82 Å². The van der Waals surface area contributed by atoms with E-state index in [4.69, 9.17) is 5.73 Å². The molecule has 0 fully saturated rings. The minimum Gasteiger partial charge on any atom is -0.380 e. The fourth-order valence-corrected chi connectivity index (χ4v) is 1.48. The molecule has 0 saturated carbocycles. The van der Waals surface area contributed by atoms with Gasteiger partial charge in [0.1, 0.15) is 11.5 Å². The van der Waals surface area contributed by atoms with E-state index in [0.717, 1.165) is 0 Å². The second-order valence-corrected chi connectivity index (χ2v) is 3.12. The van der Waals surface area contributed by atoms with Crippen LogP contribution < -0.4 is 5.73 Å². The molecule has 0 aliphatic rings. The van der Waals surface area contributed by atoms with E-state index in [9.17, 15) is 4.39 Å². The van der Waals surface area contributed by atoms with E-state index in [1.54, 1.807) is 22.9 Å². The van der Waals surface area contributed by atoms with Crippen LogP contribution in [0.2, 0.25) is 0 Å². The molecule has 1 aromatic heterocycles. The molecule has 2 aromatic rings. The van der Waals surface area contributed by atoms with E-state index < -0.39 is 0 Å². The number of nitrogens with zero attached hydrogens (tertiary/aromatic N) is 3. The van der Waals surface area contributed by atoms with Gasteiger partial charge in [-0.25, -0.2) is 9.07 Å². The third-order valence-electron chi connectivity index (χ3n) is 2.19. The van der Waals surface area contributed by atoms with Crippen LogP contribution in [0.25, 0.3) is 11.3 Å². The summed E-state index contributed by atoms with van der Waals surface area (Å²) in [6.45, 7) is 2.51. The highest BCUT2D eigenvalue weighted by Crippen LogP contribution is 2.26. The molecule has 0 saturated heterocycles. The molecule has 0 radical (unpaired) electrons. The maximum atomic E-state index is 13.5. The molecule has 1 heterocycles. The molecule has 78 valence electrons. The SMILES string of the molecule is CCn1nnc(N)c1-c1ccccc1F. The summed E-state index contributed by atoms with van der Waals surface area (Å²) >= 11 is 0. The van der Waals surface area contributed by atoms with Crippen molar-refractivity contribution < 1.29 is 4.39 Å². The zero-order valence-electron chi connectivity index (χ0n) is 8.31. The number of rotatable bonds is 2. The molecule has 0 unspecified atom stereocenters. The third-order valence-corrected chi connectivity index (χ3v) is 2.19. The van der Waals surface area contributed by atoms with Gasteiger partial charge in [-0.15, -0.1) is 5.10 Å². The smallest absolute Gasteiger partial charge is 0.174 e. The van der Waals surface area contributed by atoms with E-state index in [-0.39, 0.29) is 11.6 Å². The molecule has 2 rings (SSSR count). The molecule has 0 aliphatic heterocycles. The van der Waals surface area contributed by atoms with Gasteiger partial charge in [0.15, 0.2) is 5.82 Å². The molecule has 1 aromatic carbocycles. The summed E-state index contributed by atoms with van der Waals surface area (Å²) in [5.41, 5.74) is 6.63. The van der Waals surface area contributed by atoms with E-state index in [1.165, 1.54) is 6.07 Å². The molecule has 5 heteroatoms. The summed E-state index contributed by atoms with van der Waals surface area (Å²) in [7, 11) is 0. The van der Waals surface area contributed by atoms with Crippen molar-refractivity contribution >= 4 is 5.82 Å². The zero-order valence-corrected chi connectivity index (χ0v) is 8.31. The lowest BCUT2D eigenvalue weighted by Crippen LogP contribution is -2.01. The first kappa shape index (κ1) is 9.64. The number of anilines is 1. The normalized spacial score (nSPS) is 10.5. The number of aromatic nitrogens is 3. The Morgan fingerprint density at radius 3 is 2.80 bits per heavy atom. The lowest BCUT2D eigenvalue weighted by molar-refractivity contribution is 0.613. The van der Waals surface area contributed by atoms with Crippen molar-refractivity contribution in [2.24, 2.45) is 0 Å². The van der Waals surface area contributed by atoms with Crippen molar-refractivity contribution in [1.82, 2.24) is 15.0 Å². The van der Waals surface area contributed by atoms with Crippen molar-refractivity contribution in [1.29, 1.82) is 0 Å². The Kier molecular flexibility index (Phi) is 2.37. The van der Waals surface area contributed by atoms with Gasteiger partial charge in [-0.05, 0) is 19.1 Å². The molecular formula is C10H11FN4. The molecule has 15 heavy (non-hydrogen) atoms. The average Bonchev–Trinajstić information content (AvgIpc) is 2.60. The lowest BCUT2D eigenvalue weighted by atomic mass is 10.1. The number of aryl methyl sites for hydroxylation is 1. The minimum absolute atomic E-state index is 0.252. The third kappa shape index (κ3) is 1.56. The zero-order chi connectivity index (χ0) is 10.8. The number of hydrogen-bond donors (Lipinski definition) is 1. The van der Waals surface area contributed by atoms with Crippen molar-refractivity contribution in [3.63, 3.8) is 0 Å². The quantitative estimate of drug-likeness (QED) is 0.813. The van der Waals surface area contributed by atoms with E-state index >= 15 is 0 Å². The molecular weight excluding hydrogens is 195 g/mol. The predicted molar refractivity (Wildman–Crippen MR) is 55.5 cm³/mol. The van der Waals surface area contributed by atoms with Crippen LogP contribution in [0.3, 0.4) is 0 Å². The Morgan fingerprint density at radius 1 is 1.40 bits per heavy atom. The van der Waals surface area contributed by atoms with Crippen LogP contribution in [-0.4, -0.2) is 15.0 Å². The standard InChI is InChI=1S/C10H11FN4/c1-2-15-9(10(12)13-14-15)7-5-3-4-6-8(7)11/h3-6H,2,12H2,1H3. The first-order valence-corrected chi connectivity index (χ1v) is 4.68. The molecule has 2 N–H and O–H groups in total. The minimum atomic E-state index is -0.318. The van der Waals surface area contributed by atoms with Gasteiger partial charge >= 0.3 is 0 Å². The van der Waals surface area contributed by atoms with Crippen molar-refractivity contribution in [3.8, 4) is 11.3 Å². The van der Waals surface area contributed by atoms with Crippen molar-refractivity contribution in [2.45, 2.75) is 13.5 Å². The lowest BCUT2D eigenvalue weighted by Gasteiger charge is -2.05. The molecule has 4 nitrogen and oxygen atoms in total. The topological polar surface area (TPSA) is 56.7 Å². The fraction of sp³-hybridized carbons (Fsp3) is 0.200. The number of halogens is 1. The van der Waals surface area contributed by atoms with Gasteiger partial charge in [0, 0.05) is 12.1 Å². The Morgan fingerprint density at radius 2 is 2.13 bits per heavy atom. The Bertz CT molecular complexity index is 478. The fourth-order valence-electron chi connectivity index (χ4n) is 1.48. The highest BCUT2D eigenvalue weighted by atomic mass is 19.1. The van der Waals surface area contributed by atoms with E-state index in [0.29, 0.717) is 17.8 Å². The summed E-state index contributed by atoms with van der Waals surface area (Å²) < 4.78 is 15.1. The second kappa shape index (κ2) is 3.68. The molecule has 0 amide bonds. The summed E-state index contributed by atoms with van der Waals surface area (Å²) in [5.74, 6) is -0.0665. The van der Waals surface area contributed by atoms with Crippen LogP contribution in [0.15, 0.2) is 24.3 Å². The Balaban J connectivity index is 2.63. The van der Waals surface area contributed by atoms with Gasteiger partial charge in [-0.3, -0.25) is 0 Å². The number of nitrogen functional groups attached to an aromatic ring is 1. The molecule has 0 bridgehead atoms. The highest BCUT2D eigenvalue weighted by molar-refractivity contribution is 5.70. The van der Waals surface area contributed by atoms with Crippen LogP contribution in [-0.2, 0) is 6.54 Å². The highest BCUT2D eigenvalue weighted by Gasteiger charge is 2.14. The molecule has 0 aliphatic carbocycles. The van der Waals surface area contributed by atoms with Crippen molar-refractivity contribution in [2.75, 3.05) is 5.73 Å².